The molecule has 2 N–H and O–H groups in total. The van der Waals surface area contributed by atoms with Gasteiger partial charge in [0.05, 0.1) is 18.3 Å². The van der Waals surface area contributed by atoms with Crippen molar-refractivity contribution >= 4 is 11.7 Å². The molecule has 0 heterocycles. The van der Waals surface area contributed by atoms with E-state index in [2.05, 4.69) is 11.4 Å². The molecule has 0 spiro atoms. The maximum atomic E-state index is 13.7. The molecule has 1 aliphatic carbocycles. The molecule has 2 amide bonds. The highest BCUT2D eigenvalue weighted by molar-refractivity contribution is 5.89. The molecule has 0 fully saturated rings. The van der Waals surface area contributed by atoms with E-state index in [-0.39, 0.29) is 24.9 Å². The number of rotatable bonds is 4. The molecule has 1 atom stereocenters. The summed E-state index contributed by atoms with van der Waals surface area (Å²) in [6.45, 7) is 0.0721. The average molecular weight is 314 g/mol. The summed E-state index contributed by atoms with van der Waals surface area (Å²) in [5, 5.41) is 11.9. The topological polar surface area (TPSA) is 52.6 Å². The quantitative estimate of drug-likeness (QED) is 0.909. The first-order valence-electron chi connectivity index (χ1n) is 7.71. The number of aliphatic hydroxyl groups is 1. The number of carbonyl (C=O) groups is 1. The number of hydrogen-bond donors (Lipinski definition) is 2. The SMILES string of the molecule is O=C(Nc1ccccc1F)N(CCO)[C@@H]1CCc2ccccc21. The molecule has 0 bridgehead atoms. The molecular weight excluding hydrogens is 295 g/mol. The van der Waals surface area contributed by atoms with Gasteiger partial charge in [0.15, 0.2) is 0 Å². The second-order valence-electron chi connectivity index (χ2n) is 5.58. The number of para-hydroxylation sites is 1. The first-order valence-corrected chi connectivity index (χ1v) is 7.71. The molecule has 0 saturated carbocycles. The van der Waals surface area contributed by atoms with Crippen molar-refractivity contribution in [1.29, 1.82) is 0 Å². The maximum absolute atomic E-state index is 13.7. The third kappa shape index (κ3) is 3.19. The lowest BCUT2D eigenvalue weighted by molar-refractivity contribution is 0.162. The molecule has 0 unspecified atom stereocenters. The zero-order valence-electron chi connectivity index (χ0n) is 12.7. The number of carbonyl (C=O) groups excluding carboxylic acids is 1. The second-order valence-corrected chi connectivity index (χ2v) is 5.58. The zero-order chi connectivity index (χ0) is 16.2. The number of nitrogens with one attached hydrogen (secondary N) is 1. The van der Waals surface area contributed by atoms with Crippen molar-refractivity contribution in [1.82, 2.24) is 4.90 Å². The van der Waals surface area contributed by atoms with Gasteiger partial charge < -0.3 is 15.3 Å². The Bertz CT molecular complexity index is 705. The van der Waals surface area contributed by atoms with E-state index in [1.54, 1.807) is 17.0 Å². The van der Waals surface area contributed by atoms with Crippen molar-refractivity contribution in [2.24, 2.45) is 0 Å². The molecule has 0 aromatic heterocycles. The van der Waals surface area contributed by atoms with Crippen molar-refractivity contribution in [2.75, 3.05) is 18.5 Å². The number of hydrogen-bond acceptors (Lipinski definition) is 2. The predicted octanol–water partition coefficient (Wildman–Crippen LogP) is 3.34. The lowest BCUT2D eigenvalue weighted by Gasteiger charge is -2.29. The Kier molecular flexibility index (Phi) is 4.57. The molecular formula is C18H19FN2O2. The number of amides is 2. The largest absolute Gasteiger partial charge is 0.395 e. The molecule has 0 radical (unpaired) electrons. The highest BCUT2D eigenvalue weighted by Crippen LogP contribution is 2.35. The molecule has 23 heavy (non-hydrogen) atoms. The van der Waals surface area contributed by atoms with Crippen LogP contribution in [0, 0.1) is 5.82 Å². The van der Waals surface area contributed by atoms with Gasteiger partial charge in [0.2, 0.25) is 0 Å². The van der Waals surface area contributed by atoms with E-state index in [1.807, 2.05) is 18.2 Å². The summed E-state index contributed by atoms with van der Waals surface area (Å²) in [6.07, 6.45) is 1.71. The Balaban J connectivity index is 1.82. The van der Waals surface area contributed by atoms with Crippen molar-refractivity contribution in [3.63, 3.8) is 0 Å². The molecule has 3 rings (SSSR count). The van der Waals surface area contributed by atoms with E-state index < -0.39 is 11.8 Å². The number of fused-ring (bicyclic) bond motifs is 1. The molecule has 1 aliphatic rings. The Labute approximate surface area is 134 Å². The number of nitrogens with zero attached hydrogens (tertiary/aromatic N) is 1. The molecule has 120 valence electrons. The maximum Gasteiger partial charge on any atom is 0.322 e. The Morgan fingerprint density at radius 2 is 1.96 bits per heavy atom. The molecule has 2 aromatic carbocycles. The van der Waals surface area contributed by atoms with Crippen molar-refractivity contribution in [3.8, 4) is 0 Å². The fourth-order valence-electron chi connectivity index (χ4n) is 3.11. The zero-order valence-corrected chi connectivity index (χ0v) is 12.7. The monoisotopic (exact) mass is 314 g/mol. The van der Waals surface area contributed by atoms with Crippen LogP contribution in [0.2, 0.25) is 0 Å². The molecule has 2 aromatic rings. The van der Waals surface area contributed by atoms with Crippen LogP contribution < -0.4 is 5.32 Å². The number of halogens is 1. The van der Waals surface area contributed by atoms with E-state index in [1.165, 1.54) is 17.7 Å². The number of aliphatic hydroxyl groups excluding tert-OH is 1. The minimum Gasteiger partial charge on any atom is -0.395 e. The second kappa shape index (κ2) is 6.79. The molecule has 0 saturated heterocycles. The van der Waals surface area contributed by atoms with E-state index in [9.17, 15) is 14.3 Å². The predicted molar refractivity (Wildman–Crippen MR) is 86.7 cm³/mol. The first-order chi connectivity index (χ1) is 11.2. The van der Waals surface area contributed by atoms with Gasteiger partial charge in [0.25, 0.3) is 0 Å². The van der Waals surface area contributed by atoms with Crippen LogP contribution in [0.1, 0.15) is 23.6 Å². The third-order valence-electron chi connectivity index (χ3n) is 4.19. The summed E-state index contributed by atoms with van der Waals surface area (Å²) in [5.74, 6) is -0.475. The van der Waals surface area contributed by atoms with Crippen LogP contribution in [-0.2, 0) is 6.42 Å². The number of benzene rings is 2. The molecule has 5 heteroatoms. The van der Waals surface area contributed by atoms with Gasteiger partial charge in [-0.2, -0.15) is 0 Å². The van der Waals surface area contributed by atoms with Crippen LogP contribution in [-0.4, -0.2) is 29.2 Å². The van der Waals surface area contributed by atoms with Gasteiger partial charge in [0, 0.05) is 6.54 Å². The van der Waals surface area contributed by atoms with Gasteiger partial charge in [0.1, 0.15) is 5.82 Å². The summed E-state index contributed by atoms with van der Waals surface area (Å²) in [6, 6.07) is 13.6. The van der Waals surface area contributed by atoms with Crippen LogP contribution in [0.5, 0.6) is 0 Å². The van der Waals surface area contributed by atoms with E-state index in [0.29, 0.717) is 0 Å². The summed E-state index contributed by atoms with van der Waals surface area (Å²) >= 11 is 0. The summed E-state index contributed by atoms with van der Waals surface area (Å²) in [5.41, 5.74) is 2.47. The van der Waals surface area contributed by atoms with E-state index in [4.69, 9.17) is 0 Å². The van der Waals surface area contributed by atoms with Gasteiger partial charge in [-0.05, 0) is 36.1 Å². The van der Waals surface area contributed by atoms with Gasteiger partial charge in [-0.3, -0.25) is 0 Å². The smallest absolute Gasteiger partial charge is 0.322 e. The number of anilines is 1. The minimum absolute atomic E-state index is 0.0925. The normalized spacial score (nSPS) is 16.0. The van der Waals surface area contributed by atoms with E-state index in [0.717, 1.165) is 18.4 Å². The third-order valence-corrected chi connectivity index (χ3v) is 4.19. The Hall–Kier alpha value is -2.40. The number of urea groups is 1. The number of aryl methyl sites for hydroxylation is 1. The van der Waals surface area contributed by atoms with Crippen molar-refractivity contribution in [3.05, 3.63) is 65.5 Å². The van der Waals surface area contributed by atoms with Gasteiger partial charge >= 0.3 is 6.03 Å². The molecule has 0 aliphatic heterocycles. The average Bonchev–Trinajstić information content (AvgIpc) is 2.98. The van der Waals surface area contributed by atoms with Gasteiger partial charge in [-0.25, -0.2) is 9.18 Å². The van der Waals surface area contributed by atoms with Crippen molar-refractivity contribution in [2.45, 2.75) is 18.9 Å². The Morgan fingerprint density at radius 3 is 2.74 bits per heavy atom. The minimum atomic E-state index is -0.475. The van der Waals surface area contributed by atoms with Gasteiger partial charge in [-0.1, -0.05) is 36.4 Å². The first kappa shape index (κ1) is 15.5. The van der Waals surface area contributed by atoms with Crippen LogP contribution in [0.15, 0.2) is 48.5 Å². The van der Waals surface area contributed by atoms with Crippen LogP contribution in [0.4, 0.5) is 14.9 Å². The van der Waals surface area contributed by atoms with Crippen LogP contribution >= 0.6 is 0 Å². The van der Waals surface area contributed by atoms with E-state index >= 15 is 0 Å². The summed E-state index contributed by atoms with van der Waals surface area (Å²) in [7, 11) is 0. The Morgan fingerprint density at radius 1 is 1.22 bits per heavy atom. The lowest BCUT2D eigenvalue weighted by Crippen LogP contribution is -2.39. The summed E-state index contributed by atoms with van der Waals surface area (Å²) in [4.78, 5) is 14.2. The fourth-order valence-corrected chi connectivity index (χ4v) is 3.11. The van der Waals surface area contributed by atoms with Crippen LogP contribution in [0.3, 0.4) is 0 Å². The standard InChI is InChI=1S/C18H19FN2O2/c19-15-7-3-4-8-16(15)20-18(23)21(11-12-22)17-10-9-13-5-1-2-6-14(13)17/h1-8,17,22H,9-12H2,(H,20,23)/t17-/m1/s1. The van der Waals surface area contributed by atoms with Crippen LogP contribution in [0.25, 0.3) is 0 Å². The van der Waals surface area contributed by atoms with Crippen molar-refractivity contribution < 1.29 is 14.3 Å². The highest BCUT2D eigenvalue weighted by Gasteiger charge is 2.30. The highest BCUT2D eigenvalue weighted by atomic mass is 19.1. The lowest BCUT2D eigenvalue weighted by atomic mass is 10.1. The summed E-state index contributed by atoms with van der Waals surface area (Å²) < 4.78 is 13.7. The molecule has 4 nitrogen and oxygen atoms in total. The fraction of sp³-hybridized carbons (Fsp3) is 0.278. The van der Waals surface area contributed by atoms with Gasteiger partial charge in [-0.15, -0.1) is 0 Å².